The molecule has 17 heavy (non-hydrogen) atoms. The second kappa shape index (κ2) is 4.45. The average molecular weight is 235 g/mol. The van der Waals surface area contributed by atoms with Gasteiger partial charge in [-0.1, -0.05) is 6.07 Å². The predicted molar refractivity (Wildman–Crippen MR) is 61.0 cm³/mol. The van der Waals surface area contributed by atoms with E-state index >= 15 is 0 Å². The number of carbonyl (C=O) groups is 2. The quantitative estimate of drug-likeness (QED) is 0.563. The zero-order chi connectivity index (χ0) is 12.4. The van der Waals surface area contributed by atoms with Crippen molar-refractivity contribution in [2.24, 2.45) is 0 Å². The lowest BCUT2D eigenvalue weighted by molar-refractivity contribution is -0.160. The van der Waals surface area contributed by atoms with Crippen LogP contribution in [0.5, 0.6) is 5.75 Å². The van der Waals surface area contributed by atoms with Gasteiger partial charge in [0.1, 0.15) is 18.8 Å². The van der Waals surface area contributed by atoms with Crippen LogP contribution in [0.25, 0.3) is 0 Å². The molecule has 0 radical (unpaired) electrons. The van der Waals surface area contributed by atoms with Crippen molar-refractivity contribution in [2.75, 3.05) is 25.1 Å². The number of aryl methyl sites for hydroxylation is 1. The molecule has 90 valence electrons. The molecule has 1 aliphatic heterocycles. The zero-order valence-corrected chi connectivity index (χ0v) is 9.73. The van der Waals surface area contributed by atoms with Crippen molar-refractivity contribution in [1.29, 1.82) is 0 Å². The lowest BCUT2D eigenvalue weighted by Gasteiger charge is -2.27. The second-order valence-electron chi connectivity index (χ2n) is 3.88. The summed E-state index contributed by atoms with van der Waals surface area (Å²) in [5, 5.41) is 0. The highest BCUT2D eigenvalue weighted by atomic mass is 16.6. The lowest BCUT2D eigenvalue weighted by Crippen LogP contribution is -2.43. The first-order valence-electron chi connectivity index (χ1n) is 5.23. The number of anilines is 1. The van der Waals surface area contributed by atoms with Crippen LogP contribution < -0.4 is 9.64 Å². The maximum Gasteiger partial charge on any atom is 0.333 e. The van der Waals surface area contributed by atoms with Gasteiger partial charge in [-0.05, 0) is 24.6 Å². The fourth-order valence-corrected chi connectivity index (χ4v) is 1.78. The third-order valence-corrected chi connectivity index (χ3v) is 2.54. The van der Waals surface area contributed by atoms with Crippen molar-refractivity contribution in [2.45, 2.75) is 6.92 Å². The molecule has 0 bridgehead atoms. The molecule has 5 heteroatoms. The minimum atomic E-state index is -0.537. The molecular weight excluding hydrogens is 222 g/mol. The summed E-state index contributed by atoms with van der Waals surface area (Å²) in [6.07, 6.45) is 0. The summed E-state index contributed by atoms with van der Waals surface area (Å²) in [5.74, 6) is -0.437. The third kappa shape index (κ3) is 2.38. The van der Waals surface area contributed by atoms with E-state index < -0.39 is 11.9 Å². The Balaban J connectivity index is 2.35. The van der Waals surface area contributed by atoms with Crippen LogP contribution in [-0.4, -0.2) is 32.1 Å². The van der Waals surface area contributed by atoms with Crippen molar-refractivity contribution in [3.63, 3.8) is 0 Å². The number of morpholine rings is 1. The van der Waals surface area contributed by atoms with Crippen LogP contribution in [0.2, 0.25) is 0 Å². The molecule has 0 aliphatic carbocycles. The predicted octanol–water partition coefficient (Wildman–Crippen LogP) is 0.893. The van der Waals surface area contributed by atoms with Gasteiger partial charge in [-0.15, -0.1) is 0 Å². The van der Waals surface area contributed by atoms with Gasteiger partial charge in [0.05, 0.1) is 12.8 Å². The number of methoxy groups -OCH3 is 1. The number of esters is 2. The summed E-state index contributed by atoms with van der Waals surface area (Å²) >= 11 is 0. The molecule has 1 saturated heterocycles. The summed E-state index contributed by atoms with van der Waals surface area (Å²) in [4.78, 5) is 24.1. The van der Waals surface area contributed by atoms with Crippen LogP contribution in [0.3, 0.4) is 0 Å². The molecule has 0 N–H and O–H groups in total. The van der Waals surface area contributed by atoms with E-state index in [0.29, 0.717) is 5.75 Å². The molecule has 0 saturated carbocycles. The van der Waals surface area contributed by atoms with Gasteiger partial charge in [-0.3, -0.25) is 0 Å². The fourth-order valence-electron chi connectivity index (χ4n) is 1.78. The van der Waals surface area contributed by atoms with Crippen LogP contribution in [0.15, 0.2) is 18.2 Å². The van der Waals surface area contributed by atoms with Crippen LogP contribution in [0, 0.1) is 6.92 Å². The second-order valence-corrected chi connectivity index (χ2v) is 3.88. The van der Waals surface area contributed by atoms with Crippen molar-refractivity contribution < 1.29 is 19.1 Å². The maximum atomic E-state index is 11.2. The minimum Gasteiger partial charge on any atom is -0.495 e. The van der Waals surface area contributed by atoms with E-state index in [1.165, 1.54) is 0 Å². The summed E-state index contributed by atoms with van der Waals surface area (Å²) in [6.45, 7) is 2.06. The van der Waals surface area contributed by atoms with E-state index in [1.807, 2.05) is 25.1 Å². The standard InChI is InChI=1S/C12H13NO4/c1-8-3-4-10(16-2)9(5-8)13-6-11(14)17-12(15)7-13/h3-5H,6-7H2,1-2H3. The number of hydrogen-bond acceptors (Lipinski definition) is 5. The SMILES string of the molecule is COc1ccc(C)cc1N1CC(=O)OC(=O)C1. The summed E-state index contributed by atoms with van der Waals surface area (Å²) in [6, 6.07) is 5.60. The van der Waals surface area contributed by atoms with Crippen LogP contribution in [0.4, 0.5) is 5.69 Å². The van der Waals surface area contributed by atoms with Crippen molar-refractivity contribution in [3.05, 3.63) is 23.8 Å². The Bertz CT molecular complexity index is 454. The highest BCUT2D eigenvalue weighted by Crippen LogP contribution is 2.29. The Labute approximate surface area is 98.9 Å². The number of benzene rings is 1. The molecule has 5 nitrogen and oxygen atoms in total. The van der Waals surface area contributed by atoms with Crippen LogP contribution in [0.1, 0.15) is 5.56 Å². The zero-order valence-electron chi connectivity index (χ0n) is 9.73. The molecule has 2 rings (SSSR count). The molecule has 0 unspecified atom stereocenters. The fraction of sp³-hybridized carbons (Fsp3) is 0.333. The molecule has 0 aromatic heterocycles. The smallest absolute Gasteiger partial charge is 0.333 e. The van der Waals surface area contributed by atoms with Gasteiger partial charge in [0, 0.05) is 0 Å². The summed E-state index contributed by atoms with van der Waals surface area (Å²) in [7, 11) is 1.55. The van der Waals surface area contributed by atoms with E-state index in [4.69, 9.17) is 4.74 Å². The molecule has 1 aliphatic rings. The van der Waals surface area contributed by atoms with E-state index in [2.05, 4.69) is 4.74 Å². The normalized spacial score (nSPS) is 15.8. The number of cyclic esters (lactones) is 2. The van der Waals surface area contributed by atoms with E-state index in [-0.39, 0.29) is 13.1 Å². The average Bonchev–Trinajstić information content (AvgIpc) is 2.27. The van der Waals surface area contributed by atoms with Crippen molar-refractivity contribution in [3.8, 4) is 5.75 Å². The monoisotopic (exact) mass is 235 g/mol. The number of rotatable bonds is 2. The number of hydrogen-bond donors (Lipinski definition) is 0. The van der Waals surface area contributed by atoms with Gasteiger partial charge in [0.15, 0.2) is 0 Å². The topological polar surface area (TPSA) is 55.8 Å². The molecule has 0 atom stereocenters. The lowest BCUT2D eigenvalue weighted by atomic mass is 10.2. The largest absolute Gasteiger partial charge is 0.495 e. The Kier molecular flexibility index (Phi) is 2.99. The van der Waals surface area contributed by atoms with Crippen LogP contribution in [-0.2, 0) is 14.3 Å². The molecular formula is C12H13NO4. The molecule has 1 heterocycles. The third-order valence-electron chi connectivity index (χ3n) is 2.54. The first kappa shape index (κ1) is 11.4. The van der Waals surface area contributed by atoms with Gasteiger partial charge < -0.3 is 14.4 Å². The first-order valence-corrected chi connectivity index (χ1v) is 5.23. The first-order chi connectivity index (χ1) is 8.10. The van der Waals surface area contributed by atoms with Gasteiger partial charge in [0.25, 0.3) is 0 Å². The van der Waals surface area contributed by atoms with Gasteiger partial charge in [-0.25, -0.2) is 9.59 Å². The minimum absolute atomic E-state index is 0.0611. The number of nitrogens with zero attached hydrogens (tertiary/aromatic N) is 1. The Morgan fingerprint density at radius 3 is 2.47 bits per heavy atom. The van der Waals surface area contributed by atoms with E-state index in [0.717, 1.165) is 11.3 Å². The Morgan fingerprint density at radius 1 is 1.24 bits per heavy atom. The molecule has 1 aromatic carbocycles. The maximum absolute atomic E-state index is 11.2. The highest BCUT2D eigenvalue weighted by Gasteiger charge is 2.26. The molecule has 0 amide bonds. The number of carbonyl (C=O) groups excluding carboxylic acids is 2. The Hall–Kier alpha value is -2.04. The van der Waals surface area contributed by atoms with Crippen LogP contribution >= 0.6 is 0 Å². The van der Waals surface area contributed by atoms with Crippen molar-refractivity contribution >= 4 is 17.6 Å². The van der Waals surface area contributed by atoms with Gasteiger partial charge in [-0.2, -0.15) is 0 Å². The van der Waals surface area contributed by atoms with E-state index in [1.54, 1.807) is 12.0 Å². The van der Waals surface area contributed by atoms with Gasteiger partial charge >= 0.3 is 11.9 Å². The highest BCUT2D eigenvalue weighted by molar-refractivity contribution is 5.94. The van der Waals surface area contributed by atoms with Crippen molar-refractivity contribution in [1.82, 2.24) is 0 Å². The molecule has 1 fully saturated rings. The number of ether oxygens (including phenoxy) is 2. The summed E-state index contributed by atoms with van der Waals surface area (Å²) < 4.78 is 9.70. The molecule has 1 aromatic rings. The van der Waals surface area contributed by atoms with Gasteiger partial charge in [0.2, 0.25) is 0 Å². The molecule has 0 spiro atoms. The Morgan fingerprint density at radius 2 is 1.88 bits per heavy atom. The summed E-state index contributed by atoms with van der Waals surface area (Å²) in [5.41, 5.74) is 1.77. The van der Waals surface area contributed by atoms with E-state index in [9.17, 15) is 9.59 Å².